The number of nitrogens with one attached hydrogen (secondary N) is 1. The summed E-state index contributed by atoms with van der Waals surface area (Å²) in [4.78, 5) is 33.9. The predicted octanol–water partition coefficient (Wildman–Crippen LogP) is 3.73. The number of carbonyl (C=O) groups excluding carboxylic acids is 2. The van der Waals surface area contributed by atoms with E-state index < -0.39 is 0 Å². The van der Waals surface area contributed by atoms with Gasteiger partial charge in [0.25, 0.3) is 5.91 Å². The summed E-state index contributed by atoms with van der Waals surface area (Å²) in [5.41, 5.74) is 2.37. The lowest BCUT2D eigenvalue weighted by molar-refractivity contribution is -0.135. The Balaban J connectivity index is 1.68. The van der Waals surface area contributed by atoms with E-state index >= 15 is 0 Å². The number of rotatable bonds is 6. The molecule has 1 aliphatic heterocycles. The molecule has 154 valence electrons. The SMILES string of the molecule is CCN(CC)C(=O)C1CCN(c2ncccc2NC(=O)c2cccc(C)c2)CC1. The third-order valence-electron chi connectivity index (χ3n) is 5.53. The van der Waals surface area contributed by atoms with Crippen molar-refractivity contribution in [3.63, 3.8) is 0 Å². The maximum absolute atomic E-state index is 12.7. The number of aromatic nitrogens is 1. The fourth-order valence-corrected chi connectivity index (χ4v) is 3.86. The fraction of sp³-hybridized carbons (Fsp3) is 0.435. The second-order valence-electron chi connectivity index (χ2n) is 7.47. The lowest BCUT2D eigenvalue weighted by Crippen LogP contribution is -2.43. The summed E-state index contributed by atoms with van der Waals surface area (Å²) in [7, 11) is 0. The zero-order valence-electron chi connectivity index (χ0n) is 17.5. The number of amides is 2. The van der Waals surface area contributed by atoms with Crippen molar-refractivity contribution in [1.82, 2.24) is 9.88 Å². The van der Waals surface area contributed by atoms with Gasteiger partial charge >= 0.3 is 0 Å². The second kappa shape index (κ2) is 9.54. The number of pyridine rings is 1. The molecule has 29 heavy (non-hydrogen) atoms. The minimum absolute atomic E-state index is 0.0696. The van der Waals surface area contributed by atoms with Crippen LogP contribution in [0, 0.1) is 12.8 Å². The standard InChI is InChI=1S/C23H30N4O2/c1-4-26(5-2)23(29)18-11-14-27(15-12-18)21-20(10-7-13-24-21)25-22(28)19-9-6-8-17(3)16-19/h6-10,13,16,18H,4-5,11-12,14-15H2,1-3H3,(H,25,28). The predicted molar refractivity (Wildman–Crippen MR) is 116 cm³/mol. The zero-order chi connectivity index (χ0) is 20.8. The molecule has 6 heteroatoms. The number of piperidine rings is 1. The van der Waals surface area contributed by atoms with Gasteiger partial charge in [-0.25, -0.2) is 4.98 Å². The van der Waals surface area contributed by atoms with Crippen LogP contribution in [0.4, 0.5) is 11.5 Å². The van der Waals surface area contributed by atoms with Crippen molar-refractivity contribution < 1.29 is 9.59 Å². The Kier molecular flexibility index (Phi) is 6.86. The first-order valence-corrected chi connectivity index (χ1v) is 10.4. The fourth-order valence-electron chi connectivity index (χ4n) is 3.86. The largest absolute Gasteiger partial charge is 0.355 e. The van der Waals surface area contributed by atoms with Crippen LogP contribution in [-0.2, 0) is 4.79 Å². The molecule has 1 aromatic heterocycles. The number of anilines is 2. The highest BCUT2D eigenvalue weighted by molar-refractivity contribution is 6.05. The third kappa shape index (κ3) is 4.94. The maximum atomic E-state index is 12.7. The Morgan fingerprint density at radius 1 is 1.14 bits per heavy atom. The Labute approximate surface area is 172 Å². The van der Waals surface area contributed by atoms with Gasteiger partial charge in [-0.1, -0.05) is 17.7 Å². The van der Waals surface area contributed by atoms with Crippen LogP contribution in [0.15, 0.2) is 42.6 Å². The van der Waals surface area contributed by atoms with Crippen molar-refractivity contribution in [2.45, 2.75) is 33.6 Å². The average molecular weight is 395 g/mol. The molecule has 1 N–H and O–H groups in total. The summed E-state index contributed by atoms with van der Waals surface area (Å²) in [6.45, 7) is 9.02. The van der Waals surface area contributed by atoms with E-state index in [1.54, 1.807) is 6.20 Å². The minimum Gasteiger partial charge on any atom is -0.355 e. The van der Waals surface area contributed by atoms with E-state index in [4.69, 9.17) is 0 Å². The number of hydrogen-bond acceptors (Lipinski definition) is 4. The van der Waals surface area contributed by atoms with Gasteiger partial charge in [-0.2, -0.15) is 0 Å². The van der Waals surface area contributed by atoms with Crippen molar-refractivity contribution >= 4 is 23.3 Å². The van der Waals surface area contributed by atoms with Crippen LogP contribution in [-0.4, -0.2) is 47.9 Å². The van der Waals surface area contributed by atoms with Crippen LogP contribution in [0.3, 0.4) is 0 Å². The molecule has 0 radical (unpaired) electrons. The number of nitrogens with zero attached hydrogens (tertiary/aromatic N) is 3. The van der Waals surface area contributed by atoms with Crippen molar-refractivity contribution in [3.05, 3.63) is 53.7 Å². The third-order valence-corrected chi connectivity index (χ3v) is 5.53. The van der Waals surface area contributed by atoms with E-state index in [1.165, 1.54) is 0 Å². The summed E-state index contributed by atoms with van der Waals surface area (Å²) >= 11 is 0. The molecule has 1 fully saturated rings. The van der Waals surface area contributed by atoms with Gasteiger partial charge in [-0.15, -0.1) is 0 Å². The van der Waals surface area contributed by atoms with Gasteiger partial charge < -0.3 is 15.1 Å². The van der Waals surface area contributed by atoms with Gasteiger partial charge in [0.15, 0.2) is 5.82 Å². The monoisotopic (exact) mass is 394 g/mol. The van der Waals surface area contributed by atoms with Crippen molar-refractivity contribution in [3.8, 4) is 0 Å². The van der Waals surface area contributed by atoms with E-state index in [0.29, 0.717) is 11.3 Å². The Morgan fingerprint density at radius 2 is 1.86 bits per heavy atom. The first kappa shape index (κ1) is 20.8. The van der Waals surface area contributed by atoms with Crippen LogP contribution < -0.4 is 10.2 Å². The van der Waals surface area contributed by atoms with Crippen LogP contribution in [0.5, 0.6) is 0 Å². The van der Waals surface area contributed by atoms with Gasteiger partial charge in [-0.3, -0.25) is 9.59 Å². The molecule has 2 amide bonds. The number of hydrogen-bond donors (Lipinski definition) is 1. The zero-order valence-corrected chi connectivity index (χ0v) is 17.5. The lowest BCUT2D eigenvalue weighted by atomic mass is 9.95. The normalized spacial score (nSPS) is 14.5. The molecule has 2 aromatic rings. The van der Waals surface area contributed by atoms with Crippen molar-refractivity contribution in [2.24, 2.45) is 5.92 Å². The smallest absolute Gasteiger partial charge is 0.255 e. The van der Waals surface area contributed by atoms with Crippen molar-refractivity contribution in [2.75, 3.05) is 36.4 Å². The summed E-state index contributed by atoms with van der Waals surface area (Å²) in [5, 5.41) is 3.00. The molecular formula is C23H30N4O2. The molecule has 0 aliphatic carbocycles. The van der Waals surface area contributed by atoms with E-state index in [-0.39, 0.29) is 17.7 Å². The maximum Gasteiger partial charge on any atom is 0.255 e. The highest BCUT2D eigenvalue weighted by Crippen LogP contribution is 2.29. The average Bonchev–Trinajstić information content (AvgIpc) is 2.75. The second-order valence-corrected chi connectivity index (χ2v) is 7.47. The van der Waals surface area contributed by atoms with Crippen LogP contribution in [0.2, 0.25) is 0 Å². The topological polar surface area (TPSA) is 65.5 Å². The van der Waals surface area contributed by atoms with Gasteiger partial charge in [-0.05, 0) is 57.9 Å². The molecular weight excluding hydrogens is 364 g/mol. The van der Waals surface area contributed by atoms with Gasteiger partial charge in [0.1, 0.15) is 0 Å². The minimum atomic E-state index is -0.144. The molecule has 0 saturated carbocycles. The van der Waals surface area contributed by atoms with Gasteiger partial charge in [0.2, 0.25) is 5.91 Å². The Bertz CT molecular complexity index is 855. The number of benzene rings is 1. The summed E-state index contributed by atoms with van der Waals surface area (Å²) < 4.78 is 0. The van der Waals surface area contributed by atoms with Crippen molar-refractivity contribution in [1.29, 1.82) is 0 Å². The first-order chi connectivity index (χ1) is 14.0. The highest BCUT2D eigenvalue weighted by Gasteiger charge is 2.29. The molecule has 0 unspecified atom stereocenters. The summed E-state index contributed by atoms with van der Waals surface area (Å²) in [5.74, 6) is 0.945. The quantitative estimate of drug-likeness (QED) is 0.811. The molecule has 2 heterocycles. The van der Waals surface area contributed by atoms with E-state index in [9.17, 15) is 9.59 Å². The van der Waals surface area contributed by atoms with Gasteiger partial charge in [0, 0.05) is 43.9 Å². The Morgan fingerprint density at radius 3 is 2.52 bits per heavy atom. The molecule has 3 rings (SSSR count). The summed E-state index contributed by atoms with van der Waals surface area (Å²) in [6, 6.07) is 11.2. The van der Waals surface area contributed by atoms with Crippen LogP contribution in [0.1, 0.15) is 42.6 Å². The Hall–Kier alpha value is -2.89. The molecule has 1 aromatic carbocycles. The lowest BCUT2D eigenvalue weighted by Gasteiger charge is -2.35. The molecule has 1 aliphatic rings. The molecule has 0 spiro atoms. The molecule has 0 bridgehead atoms. The highest BCUT2D eigenvalue weighted by atomic mass is 16.2. The summed E-state index contributed by atoms with van der Waals surface area (Å²) in [6.07, 6.45) is 3.35. The van der Waals surface area contributed by atoms with Crippen LogP contribution in [0.25, 0.3) is 0 Å². The number of aryl methyl sites for hydroxylation is 1. The molecule has 6 nitrogen and oxygen atoms in total. The van der Waals surface area contributed by atoms with Gasteiger partial charge in [0.05, 0.1) is 5.69 Å². The number of carbonyl (C=O) groups is 2. The van der Waals surface area contributed by atoms with E-state index in [2.05, 4.69) is 15.2 Å². The molecule has 1 saturated heterocycles. The van der Waals surface area contributed by atoms with E-state index in [1.807, 2.05) is 62.1 Å². The first-order valence-electron chi connectivity index (χ1n) is 10.4. The van der Waals surface area contributed by atoms with E-state index in [0.717, 1.165) is 50.4 Å². The van der Waals surface area contributed by atoms with Crippen LogP contribution >= 0.6 is 0 Å². The molecule has 0 atom stereocenters.